The van der Waals surface area contributed by atoms with Gasteiger partial charge in [0.15, 0.2) is 0 Å². The number of hydrogen-bond acceptors (Lipinski definition) is 21. The normalized spacial score (nSPS) is 12.9. The summed E-state index contributed by atoms with van der Waals surface area (Å²) >= 11 is 34.2. The lowest BCUT2D eigenvalue weighted by Crippen LogP contribution is -2.35. The minimum atomic E-state index is -4.03. The van der Waals surface area contributed by atoms with Crippen molar-refractivity contribution in [2.75, 3.05) is 0 Å². The molecular formula is C88H87Cl7N4O20P4. The molecule has 0 radical (unpaired) electrons. The molecule has 35 heteroatoms. The van der Waals surface area contributed by atoms with Gasteiger partial charge in [-0.15, -0.1) is 12.4 Å². The zero-order valence-corrected chi connectivity index (χ0v) is 75.1. The van der Waals surface area contributed by atoms with E-state index in [0.29, 0.717) is 34.6 Å². The fraction of sp³-hybridized carbons (Fsp3) is 0.136. The van der Waals surface area contributed by atoms with Gasteiger partial charge < -0.3 is 61.5 Å². The van der Waals surface area contributed by atoms with Crippen LogP contribution in [0.1, 0.15) is 49.9 Å². The summed E-state index contributed by atoms with van der Waals surface area (Å²) in [5.41, 5.74) is 8.82. The molecule has 0 spiro atoms. The molecule has 0 aromatic heterocycles. The van der Waals surface area contributed by atoms with Crippen LogP contribution in [0.3, 0.4) is 0 Å². The largest absolute Gasteiger partial charge is 0.513 e. The van der Waals surface area contributed by atoms with Crippen molar-refractivity contribution >= 4 is 134 Å². The molecule has 0 saturated carbocycles. The van der Waals surface area contributed by atoms with Crippen molar-refractivity contribution in [3.8, 4) is 46.0 Å². The summed E-state index contributed by atoms with van der Waals surface area (Å²) in [7, 11) is -12.1. The minimum Gasteiger partial charge on any atom is -0.506 e. The van der Waals surface area contributed by atoms with Gasteiger partial charge in [0.2, 0.25) is 0 Å². The molecule has 0 aliphatic heterocycles. The number of nitrogens with one attached hydrogen (secondary N) is 3. The number of carbonyl (C=O) groups excluding carboxylic acids is 4. The van der Waals surface area contributed by atoms with E-state index in [9.17, 15) is 37.4 Å². The highest BCUT2D eigenvalue weighted by Gasteiger charge is 2.37. The molecule has 0 bridgehead atoms. The van der Waals surface area contributed by atoms with E-state index in [-0.39, 0.29) is 76.3 Å². The summed E-state index contributed by atoms with van der Waals surface area (Å²) in [5.74, 6) is -0.211. The average Bonchev–Trinajstić information content (AvgIpc) is 0.832. The molecule has 648 valence electrons. The summed E-state index contributed by atoms with van der Waals surface area (Å²) in [6.45, 7) is 6.75. The molecular weight excluding hydrogens is 1810 g/mol. The fourth-order valence-electron chi connectivity index (χ4n) is 9.37. The third-order valence-electron chi connectivity index (χ3n) is 15.3. The Kier molecular flexibility index (Phi) is 44.3. The summed E-state index contributed by atoms with van der Waals surface area (Å²) in [4.78, 5) is 48.2. The van der Waals surface area contributed by atoms with Crippen LogP contribution in [0.4, 0.5) is 0 Å². The highest BCUT2D eigenvalue weighted by atomic mass is 35.9. The summed E-state index contributed by atoms with van der Waals surface area (Å²) in [6.07, 6.45) is -3.44. The number of hydrogen-bond donors (Lipinski definition) is 5. The third kappa shape index (κ3) is 39.8. The number of para-hydroxylation sites is 8. The zero-order chi connectivity index (χ0) is 88.2. The van der Waals surface area contributed by atoms with E-state index in [1.807, 2.05) is 121 Å². The Morgan fingerprint density at radius 1 is 0.301 bits per heavy atom. The highest BCUT2D eigenvalue weighted by molar-refractivity contribution is 8.05. The van der Waals surface area contributed by atoms with Gasteiger partial charge >= 0.3 is 53.2 Å². The van der Waals surface area contributed by atoms with Crippen LogP contribution in [0, 0.1) is 0 Å². The van der Waals surface area contributed by atoms with Crippen molar-refractivity contribution in [1.29, 1.82) is 0 Å². The van der Waals surface area contributed by atoms with Gasteiger partial charge in [-0.05, 0) is 147 Å². The molecule has 0 aliphatic rings. The summed E-state index contributed by atoms with van der Waals surface area (Å²) < 4.78 is 110. The van der Waals surface area contributed by atoms with Gasteiger partial charge in [-0.25, -0.2) is 18.3 Å². The number of phenolic OH excluding ortho intramolecular Hbond substituents is 1. The summed E-state index contributed by atoms with van der Waals surface area (Å²) in [6, 6.07) is 94.2. The molecule has 6 N–H and O–H groups in total. The Morgan fingerprint density at radius 3 is 0.715 bits per heavy atom. The van der Waals surface area contributed by atoms with E-state index >= 15 is 0 Å². The van der Waals surface area contributed by atoms with Gasteiger partial charge in [0, 0.05) is 22.5 Å². The van der Waals surface area contributed by atoms with Crippen LogP contribution < -0.4 is 52.7 Å². The fourth-order valence-corrected chi connectivity index (χ4v) is 15.7. The smallest absolute Gasteiger partial charge is 0.506 e. The Bertz CT molecular complexity index is 4950. The van der Waals surface area contributed by atoms with E-state index in [1.165, 1.54) is 20.8 Å². The molecule has 0 saturated heterocycles. The number of aromatic hydroxyl groups is 1. The molecule has 12 aromatic carbocycles. The van der Waals surface area contributed by atoms with Gasteiger partial charge in [-0.3, -0.25) is 19.2 Å². The number of rotatable bonds is 32. The van der Waals surface area contributed by atoms with E-state index < -0.39 is 71.4 Å². The van der Waals surface area contributed by atoms with E-state index in [1.54, 1.807) is 225 Å². The van der Waals surface area contributed by atoms with Crippen molar-refractivity contribution in [2.45, 2.75) is 78.3 Å². The van der Waals surface area contributed by atoms with E-state index in [2.05, 4.69) is 19.8 Å². The summed E-state index contributed by atoms with van der Waals surface area (Å²) in [5, 5.41) is 17.9. The van der Waals surface area contributed by atoms with E-state index in [4.69, 9.17) is 126 Å². The first-order chi connectivity index (χ1) is 58.4. The quantitative estimate of drug-likeness (QED) is 0.0149. The third-order valence-corrected chi connectivity index (χ3v) is 22.1. The number of benzene rings is 12. The standard InChI is InChI=1S/3C22H21ClNO5P.C10H13NO2.C6H5Cl2O2P.C6H5ClO.ClH/c3*1-17(22(25)27-16-18-10-4-2-5-11-18)24-30(26,28-19-12-6-3-7-13-19)29-21-15-9-8-14-20(21)23;1-8(11)10(12)13-7-9-5-3-2-4-6-9;7-11(8,9)10-6-4-2-1-3-5-6;7-5-3-1-2-4-6(5)8;/h3*2-15,17H,16H2,1H3,(H,24,26);2-6,8H,7,11H2,1H3;1-5H;1-4,8H;1H/t17-,30?;17-,30+;17-,30-;8-;;;/m0000.../s1. The second-order valence-corrected chi connectivity index (χ2v) is 35.9. The Hall–Kier alpha value is -10.3. The van der Waals surface area contributed by atoms with Gasteiger partial charge in [0.05, 0.1) is 20.1 Å². The predicted octanol–water partition coefficient (Wildman–Crippen LogP) is 24.1. The number of esters is 4. The van der Waals surface area contributed by atoms with Crippen LogP contribution >= 0.6 is 111 Å². The molecule has 1 unspecified atom stereocenters. The van der Waals surface area contributed by atoms with Crippen LogP contribution in [-0.4, -0.2) is 53.2 Å². The van der Waals surface area contributed by atoms with E-state index in [0.717, 1.165) is 22.3 Å². The Labute approximate surface area is 749 Å². The van der Waals surface area contributed by atoms with Crippen LogP contribution in [0.15, 0.2) is 340 Å². The molecule has 7 atom stereocenters. The monoisotopic (exact) mass is 1890 g/mol. The maximum absolute atomic E-state index is 13.5. The van der Waals surface area contributed by atoms with Crippen LogP contribution in [-0.2, 0) is 82.8 Å². The maximum Gasteiger partial charge on any atom is 0.513 e. The molecule has 0 fully saturated rings. The molecule has 24 nitrogen and oxygen atoms in total. The second-order valence-electron chi connectivity index (χ2n) is 25.3. The first kappa shape index (κ1) is 102. The SMILES string of the molecule is C[C@H](N)C(=O)OCc1ccccc1.C[C@H](NP(=O)(Oc1ccccc1)Oc1ccccc1Cl)C(=O)OCc1ccccc1.C[C@H](N[P@@](=O)(Oc1ccccc1)Oc1ccccc1Cl)C(=O)OCc1ccccc1.C[C@H](N[P@](=O)(Oc1ccccc1)Oc1ccccc1Cl)C(=O)OCc1ccccc1.Cl.O=P(Cl)(Cl)Oc1ccccc1.Oc1ccccc1Cl. The minimum absolute atomic E-state index is 0. The Morgan fingerprint density at radius 2 is 0.504 bits per heavy atom. The molecule has 123 heavy (non-hydrogen) atoms. The molecule has 0 heterocycles. The van der Waals surface area contributed by atoms with Gasteiger partial charge in [-0.1, -0.05) is 289 Å². The number of nitrogens with two attached hydrogens (primary N) is 1. The van der Waals surface area contributed by atoms with Gasteiger partial charge in [0.1, 0.15) is 96.6 Å². The number of carbonyl (C=O) groups is 4. The van der Waals surface area contributed by atoms with Crippen LogP contribution in [0.2, 0.25) is 20.1 Å². The van der Waals surface area contributed by atoms with Crippen molar-refractivity contribution < 1.29 is 93.2 Å². The van der Waals surface area contributed by atoms with Gasteiger partial charge in [0.25, 0.3) is 0 Å². The molecule has 0 amide bonds. The van der Waals surface area contributed by atoms with Crippen LogP contribution in [0.5, 0.6) is 46.0 Å². The Balaban J connectivity index is 0.000000241. The van der Waals surface area contributed by atoms with Gasteiger partial charge in [-0.2, -0.15) is 15.3 Å². The maximum atomic E-state index is 13.5. The highest BCUT2D eigenvalue weighted by Crippen LogP contribution is 2.57. The number of ether oxygens (including phenoxy) is 4. The second kappa shape index (κ2) is 53.7. The molecule has 12 aromatic rings. The zero-order valence-electron chi connectivity index (χ0n) is 66.2. The van der Waals surface area contributed by atoms with Crippen LogP contribution in [0.25, 0.3) is 0 Å². The first-order valence-corrected chi connectivity index (χ1v) is 46.5. The van der Waals surface area contributed by atoms with Crippen molar-refractivity contribution in [3.63, 3.8) is 0 Å². The van der Waals surface area contributed by atoms with Crippen molar-refractivity contribution in [1.82, 2.24) is 15.3 Å². The lowest BCUT2D eigenvalue weighted by Gasteiger charge is -2.23. The predicted molar refractivity (Wildman–Crippen MR) is 483 cm³/mol. The number of halogens is 7. The molecule has 12 rings (SSSR count). The van der Waals surface area contributed by atoms with Crippen molar-refractivity contribution in [2.24, 2.45) is 5.73 Å². The molecule has 0 aliphatic carbocycles. The lowest BCUT2D eigenvalue weighted by molar-refractivity contribution is -0.147. The number of phenols is 1. The topological polar surface area (TPSA) is 320 Å². The lowest BCUT2D eigenvalue weighted by atomic mass is 10.2. The van der Waals surface area contributed by atoms with Crippen molar-refractivity contribution in [3.05, 3.63) is 382 Å². The average molecular weight is 1890 g/mol. The first-order valence-electron chi connectivity index (χ1n) is 36.9.